The number of ether oxygens (including phenoxy) is 1. The summed E-state index contributed by atoms with van der Waals surface area (Å²) in [5.41, 5.74) is 0. The van der Waals surface area contributed by atoms with Crippen molar-refractivity contribution >= 4 is 13.6 Å². The minimum absolute atomic E-state index is 0.0545. The van der Waals surface area contributed by atoms with Crippen molar-refractivity contribution in [3.05, 3.63) is 29.8 Å². The molecule has 0 aliphatic carbocycles. The zero-order chi connectivity index (χ0) is 12.4. The van der Waals surface area contributed by atoms with Gasteiger partial charge in [-0.15, -0.1) is 12.1 Å². The summed E-state index contributed by atoms with van der Waals surface area (Å²) in [6.45, 7) is 2.48. The van der Waals surface area contributed by atoms with Crippen LogP contribution in [0, 0.1) is 17.7 Å². The first-order chi connectivity index (χ1) is 7.75. The van der Waals surface area contributed by atoms with Gasteiger partial charge in [-0.1, -0.05) is 19.8 Å². The third-order valence-corrected chi connectivity index (χ3v) is 1.86. The van der Waals surface area contributed by atoms with E-state index in [4.69, 9.17) is 4.74 Å². The average Bonchev–Trinajstić information content (AvgIpc) is 2.32. The summed E-state index contributed by atoms with van der Waals surface area (Å²) in [4.78, 5) is 0. The van der Waals surface area contributed by atoms with E-state index in [0.29, 0.717) is 6.61 Å². The van der Waals surface area contributed by atoms with Gasteiger partial charge in [-0.3, -0.25) is 4.39 Å². The summed E-state index contributed by atoms with van der Waals surface area (Å²) in [5, 5.41) is 0. The van der Waals surface area contributed by atoms with E-state index in [-0.39, 0.29) is 5.75 Å². The third-order valence-electron chi connectivity index (χ3n) is 1.86. The van der Waals surface area contributed by atoms with E-state index < -0.39 is 11.6 Å². The Labute approximate surface area is 112 Å². The number of hydrogen-bond acceptors (Lipinski definition) is 1. The van der Waals surface area contributed by atoms with Crippen molar-refractivity contribution in [2.24, 2.45) is 0 Å². The fourth-order valence-corrected chi connectivity index (χ4v) is 1.07. The fraction of sp³-hybridized carbons (Fsp3) is 0.455. The summed E-state index contributed by atoms with van der Waals surface area (Å²) in [5.74, 6) is -1.90. The number of unbranched alkanes of at least 4 members (excludes halogenated alkanes) is 2. The first-order valence-corrected chi connectivity index (χ1v) is 11.9. The van der Waals surface area contributed by atoms with Crippen molar-refractivity contribution in [2.75, 3.05) is 6.61 Å². The van der Waals surface area contributed by atoms with Gasteiger partial charge in [0.25, 0.3) is 0 Å². The number of hydrogen-bond donors (Lipinski definition) is 0. The van der Waals surface area contributed by atoms with Crippen LogP contribution in [0.4, 0.5) is 8.78 Å². The molecule has 1 nitrogen and oxygen atoms in total. The molecule has 0 fully saturated rings. The van der Waals surface area contributed by atoms with Crippen molar-refractivity contribution in [1.82, 2.24) is 0 Å². The molecular weight excluding hydrogens is 331 g/mol. The molecule has 0 aliphatic rings. The molecule has 1 aromatic carbocycles. The number of rotatable bonds is 5. The molecule has 0 aliphatic heterocycles. The molecule has 5 heteroatoms. The Balaban J connectivity index is 0.00000106. The standard InChI is InChI=1S/C11H13F2O.BrH.Zn/c1-2-3-4-8-14-10-7-5-6-9(12)11(10)13;;/h6-7H,2-4,8H2,1H3;1H;/q-1;;+2/p-1. The SMILES string of the molecule is CCCCCOc1c[c-]cc(F)c1F.[Zn+][Br]. The Morgan fingerprint density at radius 3 is 2.62 bits per heavy atom. The monoisotopic (exact) mass is 342 g/mol. The van der Waals surface area contributed by atoms with Crippen molar-refractivity contribution in [2.45, 2.75) is 26.2 Å². The van der Waals surface area contributed by atoms with Crippen LogP contribution in [0.15, 0.2) is 12.1 Å². The first-order valence-electron chi connectivity index (χ1n) is 5.00. The molecule has 0 N–H and O–H groups in total. The molecule has 0 bridgehead atoms. The molecule has 0 unspecified atom stereocenters. The molecule has 1 aromatic rings. The van der Waals surface area contributed by atoms with Gasteiger partial charge >= 0.3 is 30.0 Å². The van der Waals surface area contributed by atoms with E-state index in [1.807, 2.05) is 0 Å². The van der Waals surface area contributed by atoms with Gasteiger partial charge < -0.3 is 4.74 Å². The second-order valence-corrected chi connectivity index (χ2v) is 3.04. The minimum atomic E-state index is -0.930. The zero-order valence-electron chi connectivity index (χ0n) is 9.23. The van der Waals surface area contributed by atoms with Gasteiger partial charge in [-0.05, 0) is 6.42 Å². The zero-order valence-corrected chi connectivity index (χ0v) is 13.8. The molecule has 0 aromatic heterocycles. The molecule has 1 rings (SSSR count). The second kappa shape index (κ2) is 10.2. The molecule has 0 radical (unpaired) electrons. The van der Waals surface area contributed by atoms with Crippen LogP contribution in [-0.4, -0.2) is 6.61 Å². The summed E-state index contributed by atoms with van der Waals surface area (Å²) in [6.07, 6.45) is 2.95. The van der Waals surface area contributed by atoms with Gasteiger partial charge in [-0.25, -0.2) is 4.39 Å². The molecule has 0 spiro atoms. The molecule has 16 heavy (non-hydrogen) atoms. The van der Waals surface area contributed by atoms with Crippen LogP contribution in [0.3, 0.4) is 0 Å². The average molecular weight is 345 g/mol. The van der Waals surface area contributed by atoms with Crippen LogP contribution in [0.2, 0.25) is 0 Å². The Kier molecular flexibility index (Phi) is 10.1. The van der Waals surface area contributed by atoms with Gasteiger partial charge in [-0.2, -0.15) is 6.07 Å². The van der Waals surface area contributed by atoms with E-state index in [9.17, 15) is 8.78 Å². The second-order valence-electron chi connectivity index (χ2n) is 3.04. The van der Waals surface area contributed by atoms with Crippen LogP contribution in [0.25, 0.3) is 0 Å². The summed E-state index contributed by atoms with van der Waals surface area (Å²) >= 11 is 4.25. The predicted octanol–water partition coefficient (Wildman–Crippen LogP) is 4.18. The van der Waals surface area contributed by atoms with Crippen LogP contribution < -0.4 is 4.74 Å². The van der Waals surface area contributed by atoms with Gasteiger partial charge in [0.2, 0.25) is 0 Å². The maximum absolute atomic E-state index is 13.0. The first kappa shape index (κ1) is 16.0. The summed E-state index contributed by atoms with van der Waals surface area (Å²) in [7, 11) is 0. The van der Waals surface area contributed by atoms with Crippen molar-refractivity contribution < 1.29 is 29.9 Å². The Hall–Kier alpha value is -0.0166. The van der Waals surface area contributed by atoms with Crippen LogP contribution >= 0.6 is 13.6 Å². The normalized spacial score (nSPS) is 9.38. The molecule has 86 valence electrons. The molecule has 0 amide bonds. The molecular formula is C11H13BrF2OZn. The van der Waals surface area contributed by atoms with Crippen molar-refractivity contribution in [3.63, 3.8) is 0 Å². The number of halogens is 3. The van der Waals surface area contributed by atoms with E-state index in [2.05, 4.69) is 26.6 Å². The molecule has 0 atom stereocenters. The molecule has 0 saturated heterocycles. The van der Waals surface area contributed by atoms with E-state index in [1.54, 1.807) is 0 Å². The summed E-state index contributed by atoms with van der Waals surface area (Å²) in [6, 6.07) is 4.73. The quantitative estimate of drug-likeness (QED) is 0.442. The topological polar surface area (TPSA) is 9.23 Å². The molecule has 0 saturated carbocycles. The van der Waals surface area contributed by atoms with Gasteiger partial charge in [0.15, 0.2) is 0 Å². The van der Waals surface area contributed by atoms with E-state index >= 15 is 0 Å². The van der Waals surface area contributed by atoms with Crippen LogP contribution in [-0.2, 0) is 16.3 Å². The maximum atomic E-state index is 13.0. The van der Waals surface area contributed by atoms with Crippen LogP contribution in [0.1, 0.15) is 26.2 Å². The van der Waals surface area contributed by atoms with Gasteiger partial charge in [0, 0.05) is 11.6 Å². The summed E-state index contributed by atoms with van der Waals surface area (Å²) < 4.78 is 30.7. The van der Waals surface area contributed by atoms with Crippen molar-refractivity contribution in [3.8, 4) is 5.75 Å². The Morgan fingerprint density at radius 1 is 1.31 bits per heavy atom. The van der Waals surface area contributed by atoms with Gasteiger partial charge in [0.05, 0.1) is 12.4 Å². The Bertz CT molecular complexity index is 297. The molecule has 0 heterocycles. The van der Waals surface area contributed by atoms with Crippen LogP contribution in [0.5, 0.6) is 5.75 Å². The number of benzene rings is 1. The van der Waals surface area contributed by atoms with E-state index in [1.165, 1.54) is 22.4 Å². The van der Waals surface area contributed by atoms with Gasteiger partial charge in [0.1, 0.15) is 0 Å². The predicted molar refractivity (Wildman–Crippen MR) is 59.1 cm³/mol. The third kappa shape index (κ3) is 5.90. The fourth-order valence-electron chi connectivity index (χ4n) is 1.07. The Morgan fingerprint density at radius 2 is 2.00 bits per heavy atom. The van der Waals surface area contributed by atoms with Crippen molar-refractivity contribution in [1.29, 1.82) is 0 Å². The van der Waals surface area contributed by atoms with E-state index in [0.717, 1.165) is 25.3 Å².